The van der Waals surface area contributed by atoms with Gasteiger partial charge in [0.1, 0.15) is 0 Å². The van der Waals surface area contributed by atoms with Gasteiger partial charge < -0.3 is 5.32 Å². The molecule has 0 fully saturated rings. The van der Waals surface area contributed by atoms with Crippen LogP contribution in [0.25, 0.3) is 0 Å². The molecule has 2 aromatic rings. The maximum Gasteiger partial charge on any atom is 0.0964 e. The van der Waals surface area contributed by atoms with Crippen LogP contribution in [-0.4, -0.2) is 31.3 Å². The van der Waals surface area contributed by atoms with Crippen molar-refractivity contribution in [3.05, 3.63) is 29.3 Å². The van der Waals surface area contributed by atoms with Crippen molar-refractivity contribution in [3.8, 4) is 0 Å². The average molecular weight is 290 g/mol. The van der Waals surface area contributed by atoms with Gasteiger partial charge in [-0.2, -0.15) is 5.10 Å². The summed E-state index contributed by atoms with van der Waals surface area (Å²) < 4.78 is 3.92. The molecule has 0 amide bonds. The molecule has 21 heavy (non-hydrogen) atoms. The van der Waals surface area contributed by atoms with Crippen molar-refractivity contribution in [1.82, 2.24) is 30.1 Å². The summed E-state index contributed by atoms with van der Waals surface area (Å²) in [5.41, 5.74) is 3.29. The SMILES string of the molecule is CCc1cc(Cn2cc(CNCC(C)C)nn2)n(CC)n1. The molecule has 0 aliphatic carbocycles. The normalized spacial score (nSPS) is 11.5. The molecule has 116 valence electrons. The van der Waals surface area contributed by atoms with E-state index >= 15 is 0 Å². The summed E-state index contributed by atoms with van der Waals surface area (Å²) >= 11 is 0. The minimum atomic E-state index is 0.645. The van der Waals surface area contributed by atoms with Crippen molar-refractivity contribution in [2.24, 2.45) is 5.92 Å². The summed E-state index contributed by atoms with van der Waals surface area (Å²) in [6.45, 7) is 12.0. The maximum absolute atomic E-state index is 4.56. The molecule has 6 nitrogen and oxygen atoms in total. The third-order valence-corrected chi connectivity index (χ3v) is 3.34. The Kier molecular flexibility index (Phi) is 5.50. The number of hydrogen-bond acceptors (Lipinski definition) is 4. The smallest absolute Gasteiger partial charge is 0.0964 e. The van der Waals surface area contributed by atoms with E-state index in [1.165, 1.54) is 5.69 Å². The molecule has 2 aromatic heterocycles. The van der Waals surface area contributed by atoms with E-state index in [1.807, 2.05) is 15.6 Å². The second-order valence-electron chi connectivity index (χ2n) is 5.73. The number of aromatic nitrogens is 5. The molecule has 0 saturated heterocycles. The molecule has 0 aliphatic heterocycles. The summed E-state index contributed by atoms with van der Waals surface area (Å²) in [4.78, 5) is 0. The zero-order valence-corrected chi connectivity index (χ0v) is 13.5. The van der Waals surface area contributed by atoms with Crippen molar-refractivity contribution in [2.75, 3.05) is 6.54 Å². The highest BCUT2D eigenvalue weighted by molar-refractivity contribution is 5.11. The Morgan fingerprint density at radius 2 is 2.05 bits per heavy atom. The first-order valence-corrected chi connectivity index (χ1v) is 7.77. The van der Waals surface area contributed by atoms with Crippen LogP contribution in [0.15, 0.2) is 12.3 Å². The molecule has 0 radical (unpaired) electrons. The highest BCUT2D eigenvalue weighted by Gasteiger charge is 2.08. The van der Waals surface area contributed by atoms with Crippen LogP contribution in [0, 0.1) is 5.92 Å². The Bertz CT molecular complexity index is 554. The van der Waals surface area contributed by atoms with Crippen molar-refractivity contribution in [3.63, 3.8) is 0 Å². The Morgan fingerprint density at radius 1 is 1.24 bits per heavy atom. The summed E-state index contributed by atoms with van der Waals surface area (Å²) in [5.74, 6) is 0.645. The molecule has 6 heteroatoms. The van der Waals surface area contributed by atoms with Gasteiger partial charge in [0, 0.05) is 13.1 Å². The van der Waals surface area contributed by atoms with Crippen LogP contribution >= 0.6 is 0 Å². The largest absolute Gasteiger partial charge is 0.311 e. The zero-order chi connectivity index (χ0) is 15.2. The number of nitrogens with zero attached hydrogens (tertiary/aromatic N) is 5. The highest BCUT2D eigenvalue weighted by Crippen LogP contribution is 2.07. The van der Waals surface area contributed by atoms with Crippen molar-refractivity contribution in [1.29, 1.82) is 0 Å². The van der Waals surface area contributed by atoms with Crippen LogP contribution in [-0.2, 0) is 26.1 Å². The average Bonchev–Trinajstić information content (AvgIpc) is 3.05. The molecular formula is C15H26N6. The third kappa shape index (κ3) is 4.39. The van der Waals surface area contributed by atoms with E-state index in [-0.39, 0.29) is 0 Å². The van der Waals surface area contributed by atoms with Crippen molar-refractivity contribution in [2.45, 2.75) is 53.8 Å². The van der Waals surface area contributed by atoms with Crippen LogP contribution in [0.3, 0.4) is 0 Å². The summed E-state index contributed by atoms with van der Waals surface area (Å²) in [7, 11) is 0. The highest BCUT2D eigenvalue weighted by atomic mass is 15.4. The van der Waals surface area contributed by atoms with Crippen LogP contribution < -0.4 is 5.32 Å². The lowest BCUT2D eigenvalue weighted by molar-refractivity contribution is 0.547. The fourth-order valence-corrected chi connectivity index (χ4v) is 2.24. The van der Waals surface area contributed by atoms with Crippen LogP contribution in [0.1, 0.15) is 44.8 Å². The Balaban J connectivity index is 1.97. The molecule has 2 rings (SSSR count). The van der Waals surface area contributed by atoms with Crippen LogP contribution in [0.4, 0.5) is 0 Å². The fraction of sp³-hybridized carbons (Fsp3) is 0.667. The third-order valence-electron chi connectivity index (χ3n) is 3.34. The lowest BCUT2D eigenvalue weighted by Crippen LogP contribution is -2.19. The Labute approximate surface area is 126 Å². The Morgan fingerprint density at radius 3 is 2.71 bits per heavy atom. The molecule has 0 unspecified atom stereocenters. The van der Waals surface area contributed by atoms with Crippen molar-refractivity contribution >= 4 is 0 Å². The van der Waals surface area contributed by atoms with E-state index in [0.29, 0.717) is 5.92 Å². The minimum Gasteiger partial charge on any atom is -0.311 e. The molecule has 1 N–H and O–H groups in total. The monoisotopic (exact) mass is 290 g/mol. The summed E-state index contributed by atoms with van der Waals surface area (Å²) in [5, 5.41) is 16.4. The van der Waals surface area contributed by atoms with E-state index in [4.69, 9.17) is 0 Å². The number of rotatable bonds is 8. The van der Waals surface area contributed by atoms with Gasteiger partial charge in [0.25, 0.3) is 0 Å². The Hall–Kier alpha value is -1.69. The molecule has 0 bridgehead atoms. The van der Waals surface area contributed by atoms with E-state index in [2.05, 4.69) is 54.5 Å². The molecule has 0 atom stereocenters. The van der Waals surface area contributed by atoms with Gasteiger partial charge in [0.2, 0.25) is 0 Å². The van der Waals surface area contributed by atoms with Gasteiger partial charge >= 0.3 is 0 Å². The lowest BCUT2D eigenvalue weighted by Gasteiger charge is -2.04. The van der Waals surface area contributed by atoms with Gasteiger partial charge in [-0.25, -0.2) is 4.68 Å². The topological polar surface area (TPSA) is 60.6 Å². The predicted molar refractivity (Wildman–Crippen MR) is 82.9 cm³/mol. The van der Waals surface area contributed by atoms with Gasteiger partial charge in [0.15, 0.2) is 0 Å². The quantitative estimate of drug-likeness (QED) is 0.806. The first-order chi connectivity index (χ1) is 10.1. The van der Waals surface area contributed by atoms with Gasteiger partial charge in [-0.15, -0.1) is 5.10 Å². The fourth-order valence-electron chi connectivity index (χ4n) is 2.24. The van der Waals surface area contributed by atoms with Gasteiger partial charge in [0.05, 0.1) is 29.8 Å². The minimum absolute atomic E-state index is 0.645. The van der Waals surface area contributed by atoms with E-state index in [1.54, 1.807) is 0 Å². The van der Waals surface area contributed by atoms with Crippen LogP contribution in [0.2, 0.25) is 0 Å². The standard InChI is InChI=1S/C15H26N6/c1-5-13-7-15(21(6-2)18-13)11-20-10-14(17-19-20)9-16-8-12(3)4/h7,10,12,16H,5-6,8-9,11H2,1-4H3. The second-order valence-corrected chi connectivity index (χ2v) is 5.73. The van der Waals surface area contributed by atoms with E-state index < -0.39 is 0 Å². The lowest BCUT2D eigenvalue weighted by atomic mass is 10.2. The maximum atomic E-state index is 4.56. The molecule has 0 aliphatic rings. The van der Waals surface area contributed by atoms with E-state index in [0.717, 1.165) is 44.0 Å². The number of nitrogens with one attached hydrogen (secondary N) is 1. The molecule has 0 saturated carbocycles. The number of hydrogen-bond donors (Lipinski definition) is 1. The first kappa shape index (κ1) is 15.7. The van der Waals surface area contributed by atoms with E-state index in [9.17, 15) is 0 Å². The van der Waals surface area contributed by atoms with Gasteiger partial charge in [-0.1, -0.05) is 26.0 Å². The summed E-state index contributed by atoms with van der Waals surface area (Å²) in [6, 6.07) is 2.15. The second kappa shape index (κ2) is 7.36. The molecule has 2 heterocycles. The zero-order valence-electron chi connectivity index (χ0n) is 13.5. The van der Waals surface area contributed by atoms with Crippen molar-refractivity contribution < 1.29 is 0 Å². The molecule has 0 aromatic carbocycles. The summed E-state index contributed by atoms with van der Waals surface area (Å²) in [6.07, 6.45) is 2.97. The van der Waals surface area contributed by atoms with Gasteiger partial charge in [-0.05, 0) is 31.9 Å². The van der Waals surface area contributed by atoms with Gasteiger partial charge in [-0.3, -0.25) is 4.68 Å². The molecule has 0 spiro atoms. The molecular weight excluding hydrogens is 264 g/mol. The first-order valence-electron chi connectivity index (χ1n) is 7.77. The number of aryl methyl sites for hydroxylation is 2. The predicted octanol–water partition coefficient (Wildman–Crippen LogP) is 1.85. The van der Waals surface area contributed by atoms with Crippen LogP contribution in [0.5, 0.6) is 0 Å².